The highest BCUT2D eigenvalue weighted by Crippen LogP contribution is 2.30. The summed E-state index contributed by atoms with van der Waals surface area (Å²) in [5.74, 6) is 1.12. The number of carbonyl (C=O) groups is 1. The molecule has 4 rings (SSSR count). The van der Waals surface area contributed by atoms with Crippen molar-refractivity contribution < 1.29 is 13.7 Å². The molecule has 1 fully saturated rings. The van der Waals surface area contributed by atoms with Crippen LogP contribution in [0.3, 0.4) is 0 Å². The lowest BCUT2D eigenvalue weighted by Gasteiger charge is -2.29. The zero-order chi connectivity index (χ0) is 20.4. The summed E-state index contributed by atoms with van der Waals surface area (Å²) in [5, 5.41) is 11.4. The molecule has 1 amide bonds. The fourth-order valence-electron chi connectivity index (χ4n) is 3.80. The van der Waals surface area contributed by atoms with Gasteiger partial charge in [0.2, 0.25) is 5.91 Å². The predicted octanol–water partition coefficient (Wildman–Crippen LogP) is 3.16. The summed E-state index contributed by atoms with van der Waals surface area (Å²) in [5.41, 5.74) is 1.19. The molecule has 1 aliphatic rings. The van der Waals surface area contributed by atoms with Gasteiger partial charge in [-0.2, -0.15) is 5.10 Å². The van der Waals surface area contributed by atoms with Crippen LogP contribution in [0.1, 0.15) is 38.3 Å². The van der Waals surface area contributed by atoms with Gasteiger partial charge in [-0.05, 0) is 37.8 Å². The summed E-state index contributed by atoms with van der Waals surface area (Å²) in [4.78, 5) is 25.2. The van der Waals surface area contributed by atoms with Crippen LogP contribution >= 0.6 is 0 Å². The number of carbonyl (C=O) groups excluding carboxylic acids is 1. The lowest BCUT2D eigenvalue weighted by molar-refractivity contribution is -0.123. The van der Waals surface area contributed by atoms with Crippen LogP contribution in [0, 0.1) is 12.8 Å². The van der Waals surface area contributed by atoms with Gasteiger partial charge in [0.25, 0.3) is 5.56 Å². The molecule has 1 saturated carbocycles. The Morgan fingerprint density at radius 2 is 2.10 bits per heavy atom. The Labute approximate surface area is 167 Å². The standard InChI is InChI=1S/C21H24N4O4/c1-13-6-3-4-7-16(13)22-19(26)12-25-20(27)11-15(18-10-14(2)24-29-18)21(23-25)17-8-5-9-28-17/h5,8-11,13,16H,3-4,6-7,12H2,1-2H3,(H,22,26). The molecule has 29 heavy (non-hydrogen) atoms. The van der Waals surface area contributed by atoms with E-state index in [1.54, 1.807) is 25.1 Å². The monoisotopic (exact) mass is 396 g/mol. The van der Waals surface area contributed by atoms with Crippen molar-refractivity contribution in [2.75, 3.05) is 0 Å². The van der Waals surface area contributed by atoms with E-state index in [-0.39, 0.29) is 18.5 Å². The van der Waals surface area contributed by atoms with Crippen LogP contribution in [0.25, 0.3) is 22.8 Å². The van der Waals surface area contributed by atoms with Gasteiger partial charge >= 0.3 is 0 Å². The number of nitrogens with one attached hydrogen (secondary N) is 1. The second-order valence-corrected chi connectivity index (χ2v) is 7.65. The van der Waals surface area contributed by atoms with Gasteiger partial charge < -0.3 is 14.3 Å². The average molecular weight is 396 g/mol. The molecule has 3 aromatic rings. The lowest BCUT2D eigenvalue weighted by atomic mass is 9.86. The number of aromatic nitrogens is 3. The molecule has 0 radical (unpaired) electrons. The number of amides is 1. The molecular weight excluding hydrogens is 372 g/mol. The molecule has 8 heteroatoms. The zero-order valence-corrected chi connectivity index (χ0v) is 16.6. The highest BCUT2D eigenvalue weighted by Gasteiger charge is 2.24. The molecule has 3 aromatic heterocycles. The molecule has 1 aliphatic carbocycles. The van der Waals surface area contributed by atoms with E-state index in [0.29, 0.717) is 34.4 Å². The first-order chi connectivity index (χ1) is 14.0. The maximum atomic E-state index is 12.7. The maximum Gasteiger partial charge on any atom is 0.268 e. The fourth-order valence-corrected chi connectivity index (χ4v) is 3.80. The number of hydrogen-bond acceptors (Lipinski definition) is 6. The third-order valence-electron chi connectivity index (χ3n) is 5.40. The molecule has 2 atom stereocenters. The van der Waals surface area contributed by atoms with E-state index in [1.807, 2.05) is 0 Å². The lowest BCUT2D eigenvalue weighted by Crippen LogP contribution is -2.43. The van der Waals surface area contributed by atoms with Crippen molar-refractivity contribution in [3.63, 3.8) is 0 Å². The molecular formula is C21H24N4O4. The van der Waals surface area contributed by atoms with Crippen molar-refractivity contribution in [1.29, 1.82) is 0 Å². The number of rotatable bonds is 5. The fraction of sp³-hybridized carbons (Fsp3) is 0.429. The molecule has 0 saturated heterocycles. The largest absolute Gasteiger partial charge is 0.463 e. The van der Waals surface area contributed by atoms with E-state index in [4.69, 9.17) is 8.94 Å². The van der Waals surface area contributed by atoms with Gasteiger partial charge in [-0.1, -0.05) is 24.9 Å². The molecule has 8 nitrogen and oxygen atoms in total. The zero-order valence-electron chi connectivity index (χ0n) is 16.6. The van der Waals surface area contributed by atoms with Crippen LogP contribution in [-0.2, 0) is 11.3 Å². The molecule has 1 N–H and O–H groups in total. The first kappa shape index (κ1) is 19.2. The minimum absolute atomic E-state index is 0.146. The van der Waals surface area contributed by atoms with E-state index in [2.05, 4.69) is 22.5 Å². The molecule has 2 unspecified atom stereocenters. The van der Waals surface area contributed by atoms with Crippen molar-refractivity contribution in [2.45, 2.75) is 52.1 Å². The van der Waals surface area contributed by atoms with E-state index >= 15 is 0 Å². The summed E-state index contributed by atoms with van der Waals surface area (Å²) in [6, 6.07) is 6.76. The first-order valence-corrected chi connectivity index (χ1v) is 9.90. The Morgan fingerprint density at radius 3 is 2.79 bits per heavy atom. The van der Waals surface area contributed by atoms with Crippen LogP contribution in [0.2, 0.25) is 0 Å². The topological polar surface area (TPSA) is 103 Å². The van der Waals surface area contributed by atoms with Crippen LogP contribution < -0.4 is 10.9 Å². The van der Waals surface area contributed by atoms with E-state index in [0.717, 1.165) is 23.9 Å². The van der Waals surface area contributed by atoms with Gasteiger partial charge in [-0.25, -0.2) is 4.68 Å². The van der Waals surface area contributed by atoms with Crippen molar-refractivity contribution in [2.24, 2.45) is 5.92 Å². The average Bonchev–Trinajstić information content (AvgIpc) is 3.37. The Hall–Kier alpha value is -3.16. The SMILES string of the molecule is Cc1cc(-c2cc(=O)n(CC(=O)NC3CCCCC3C)nc2-c2ccco2)on1. The molecule has 0 spiro atoms. The number of aryl methyl sites for hydroxylation is 1. The third-order valence-corrected chi connectivity index (χ3v) is 5.40. The normalized spacial score (nSPS) is 19.2. The third kappa shape index (κ3) is 4.16. The van der Waals surface area contributed by atoms with Crippen LogP contribution in [0.15, 0.2) is 44.3 Å². The van der Waals surface area contributed by atoms with Crippen molar-refractivity contribution >= 4 is 5.91 Å². The van der Waals surface area contributed by atoms with Gasteiger partial charge in [-0.15, -0.1) is 0 Å². The number of nitrogens with zero attached hydrogens (tertiary/aromatic N) is 3. The molecule has 152 valence electrons. The van der Waals surface area contributed by atoms with Crippen molar-refractivity contribution in [3.05, 3.63) is 46.6 Å². The second kappa shape index (κ2) is 8.06. The quantitative estimate of drug-likeness (QED) is 0.710. The van der Waals surface area contributed by atoms with Crippen molar-refractivity contribution in [1.82, 2.24) is 20.3 Å². The summed E-state index contributed by atoms with van der Waals surface area (Å²) in [6.07, 6.45) is 5.91. The van der Waals surface area contributed by atoms with Crippen LogP contribution in [0.5, 0.6) is 0 Å². The molecule has 0 aromatic carbocycles. The highest BCUT2D eigenvalue weighted by molar-refractivity contribution is 5.77. The molecule has 3 heterocycles. The minimum Gasteiger partial charge on any atom is -0.463 e. The number of hydrogen-bond donors (Lipinski definition) is 1. The van der Waals surface area contributed by atoms with E-state index < -0.39 is 5.56 Å². The van der Waals surface area contributed by atoms with E-state index in [1.165, 1.54) is 18.8 Å². The minimum atomic E-state index is -0.392. The Balaban J connectivity index is 1.63. The summed E-state index contributed by atoms with van der Waals surface area (Å²) < 4.78 is 12.0. The van der Waals surface area contributed by atoms with Crippen molar-refractivity contribution in [3.8, 4) is 22.8 Å². The van der Waals surface area contributed by atoms with Crippen LogP contribution in [-0.4, -0.2) is 26.9 Å². The van der Waals surface area contributed by atoms with Gasteiger partial charge in [0.15, 0.2) is 11.5 Å². The Bertz CT molecular complexity index is 1050. The smallest absolute Gasteiger partial charge is 0.268 e. The summed E-state index contributed by atoms with van der Waals surface area (Å²) >= 11 is 0. The van der Waals surface area contributed by atoms with Gasteiger partial charge in [-0.3, -0.25) is 9.59 Å². The number of furan rings is 1. The second-order valence-electron chi connectivity index (χ2n) is 7.65. The Kier molecular flexibility index (Phi) is 5.33. The van der Waals surface area contributed by atoms with E-state index in [9.17, 15) is 9.59 Å². The summed E-state index contributed by atoms with van der Waals surface area (Å²) in [6.45, 7) is 3.80. The molecule has 0 aliphatic heterocycles. The highest BCUT2D eigenvalue weighted by atomic mass is 16.5. The Morgan fingerprint density at radius 1 is 1.28 bits per heavy atom. The van der Waals surface area contributed by atoms with Gasteiger partial charge in [0, 0.05) is 18.2 Å². The maximum absolute atomic E-state index is 12.7. The van der Waals surface area contributed by atoms with Crippen LogP contribution in [0.4, 0.5) is 0 Å². The van der Waals surface area contributed by atoms with Gasteiger partial charge in [0.1, 0.15) is 12.2 Å². The predicted molar refractivity (Wildman–Crippen MR) is 106 cm³/mol. The first-order valence-electron chi connectivity index (χ1n) is 9.90. The van der Waals surface area contributed by atoms with Gasteiger partial charge in [0.05, 0.1) is 17.5 Å². The molecule has 0 bridgehead atoms. The summed E-state index contributed by atoms with van der Waals surface area (Å²) in [7, 11) is 0.